The molecular formula is C20H22ClN7. The number of anilines is 4. The Morgan fingerprint density at radius 3 is 2.43 bits per heavy atom. The maximum Gasteiger partial charge on any atom is 0.157 e. The summed E-state index contributed by atoms with van der Waals surface area (Å²) in [6.07, 6.45) is 3.37. The third kappa shape index (κ3) is 3.94. The molecule has 1 aliphatic rings. The van der Waals surface area contributed by atoms with Crippen molar-refractivity contribution in [1.82, 2.24) is 15.0 Å². The lowest BCUT2D eigenvalue weighted by atomic mass is 10.2. The molecule has 1 fully saturated rings. The van der Waals surface area contributed by atoms with Gasteiger partial charge >= 0.3 is 0 Å². The number of nitrogen functional groups attached to an aromatic ring is 1. The molecule has 0 spiro atoms. The number of nitrogens with zero attached hydrogens (tertiary/aromatic N) is 5. The van der Waals surface area contributed by atoms with Crippen molar-refractivity contribution in [1.29, 1.82) is 0 Å². The van der Waals surface area contributed by atoms with Crippen molar-refractivity contribution in [2.75, 3.05) is 47.0 Å². The van der Waals surface area contributed by atoms with Crippen LogP contribution in [0.2, 0.25) is 5.02 Å². The highest BCUT2D eigenvalue weighted by molar-refractivity contribution is 6.31. The van der Waals surface area contributed by atoms with E-state index in [4.69, 9.17) is 17.3 Å². The quantitative estimate of drug-likeness (QED) is 0.686. The minimum atomic E-state index is 0.549. The van der Waals surface area contributed by atoms with Gasteiger partial charge in [0.05, 0.1) is 0 Å². The summed E-state index contributed by atoms with van der Waals surface area (Å²) in [4.78, 5) is 17.6. The summed E-state index contributed by atoms with van der Waals surface area (Å²) in [5.74, 6) is 2.38. The molecule has 0 saturated carbocycles. The molecule has 0 aliphatic carbocycles. The Hall–Kier alpha value is -3.06. The van der Waals surface area contributed by atoms with Gasteiger partial charge < -0.3 is 20.9 Å². The van der Waals surface area contributed by atoms with Crippen molar-refractivity contribution in [3.63, 3.8) is 0 Å². The number of aromatic nitrogens is 3. The largest absolute Gasteiger partial charge is 0.393 e. The van der Waals surface area contributed by atoms with Crippen LogP contribution in [-0.4, -0.2) is 41.1 Å². The Bertz CT molecular complexity index is 927. The zero-order chi connectivity index (χ0) is 19.3. The van der Waals surface area contributed by atoms with Crippen molar-refractivity contribution in [2.24, 2.45) is 0 Å². The van der Waals surface area contributed by atoms with Crippen LogP contribution in [0.25, 0.3) is 0 Å². The maximum atomic E-state index is 6.37. The summed E-state index contributed by atoms with van der Waals surface area (Å²) in [6, 6.07) is 13.7. The number of hydrogen-bond acceptors (Lipinski definition) is 7. The van der Waals surface area contributed by atoms with Crippen molar-refractivity contribution in [2.45, 2.75) is 6.54 Å². The van der Waals surface area contributed by atoms with Gasteiger partial charge in [-0.15, -0.1) is 0 Å². The van der Waals surface area contributed by atoms with Gasteiger partial charge in [0.2, 0.25) is 0 Å². The standard InChI is InChI=1S/C20H22ClN7/c21-16-6-2-1-5-15(16)13-24-19-18(22)20(26-14-25-19)28-11-9-27(10-12-28)17-7-3-4-8-23-17/h1-8,14H,9-13,22H2,(H,24,25,26). The molecule has 0 bridgehead atoms. The molecular weight excluding hydrogens is 374 g/mol. The second kappa shape index (κ2) is 8.31. The average Bonchev–Trinajstić information content (AvgIpc) is 2.75. The average molecular weight is 396 g/mol. The molecule has 0 unspecified atom stereocenters. The van der Waals surface area contributed by atoms with Crippen LogP contribution in [0.15, 0.2) is 55.0 Å². The van der Waals surface area contributed by atoms with Crippen LogP contribution in [0.1, 0.15) is 5.56 Å². The van der Waals surface area contributed by atoms with Crippen molar-refractivity contribution in [3.8, 4) is 0 Å². The molecule has 0 atom stereocenters. The first-order valence-electron chi connectivity index (χ1n) is 9.21. The monoisotopic (exact) mass is 395 g/mol. The van der Waals surface area contributed by atoms with E-state index in [0.717, 1.165) is 43.4 Å². The zero-order valence-corrected chi connectivity index (χ0v) is 16.2. The zero-order valence-electron chi connectivity index (χ0n) is 15.4. The van der Waals surface area contributed by atoms with Gasteiger partial charge in [-0.2, -0.15) is 0 Å². The summed E-state index contributed by atoms with van der Waals surface area (Å²) in [7, 11) is 0. The second-order valence-corrected chi connectivity index (χ2v) is 6.97. The highest BCUT2D eigenvalue weighted by Gasteiger charge is 2.22. The number of piperazine rings is 1. The predicted molar refractivity (Wildman–Crippen MR) is 114 cm³/mol. The normalized spacial score (nSPS) is 14.2. The maximum absolute atomic E-state index is 6.37. The molecule has 1 aliphatic heterocycles. The smallest absolute Gasteiger partial charge is 0.157 e. The molecule has 3 N–H and O–H groups in total. The third-order valence-electron chi connectivity index (χ3n) is 4.82. The lowest BCUT2D eigenvalue weighted by molar-refractivity contribution is 0.642. The summed E-state index contributed by atoms with van der Waals surface area (Å²) in [6.45, 7) is 3.92. The molecule has 0 radical (unpaired) electrons. The van der Waals surface area contributed by atoms with Gasteiger partial charge in [-0.25, -0.2) is 15.0 Å². The van der Waals surface area contributed by atoms with E-state index in [1.54, 1.807) is 6.33 Å². The van der Waals surface area contributed by atoms with Crippen LogP contribution in [0.3, 0.4) is 0 Å². The van der Waals surface area contributed by atoms with E-state index in [0.29, 0.717) is 23.1 Å². The topological polar surface area (TPSA) is 83.2 Å². The first kappa shape index (κ1) is 18.3. The first-order valence-corrected chi connectivity index (χ1v) is 9.59. The fourth-order valence-electron chi connectivity index (χ4n) is 3.29. The third-order valence-corrected chi connectivity index (χ3v) is 5.19. The van der Waals surface area contributed by atoms with Crippen LogP contribution >= 0.6 is 11.6 Å². The Kier molecular flexibility index (Phi) is 5.43. The van der Waals surface area contributed by atoms with Crippen molar-refractivity contribution in [3.05, 3.63) is 65.6 Å². The number of halogens is 1. The first-order chi connectivity index (χ1) is 13.7. The number of benzene rings is 1. The minimum Gasteiger partial charge on any atom is -0.393 e. The Morgan fingerprint density at radius 1 is 0.929 bits per heavy atom. The SMILES string of the molecule is Nc1c(NCc2ccccc2Cl)ncnc1N1CCN(c2ccccn2)CC1. The van der Waals surface area contributed by atoms with E-state index >= 15 is 0 Å². The molecule has 3 aromatic rings. The molecule has 0 amide bonds. The predicted octanol–water partition coefficient (Wildman–Crippen LogP) is 3.05. The van der Waals surface area contributed by atoms with E-state index in [2.05, 4.69) is 30.1 Å². The summed E-state index contributed by atoms with van der Waals surface area (Å²) < 4.78 is 0. The van der Waals surface area contributed by atoms with Gasteiger partial charge in [0.15, 0.2) is 11.6 Å². The molecule has 1 saturated heterocycles. The fraction of sp³-hybridized carbons (Fsp3) is 0.250. The molecule has 144 valence electrons. The number of rotatable bonds is 5. The number of nitrogens with two attached hydrogens (primary N) is 1. The van der Waals surface area contributed by atoms with E-state index < -0.39 is 0 Å². The van der Waals surface area contributed by atoms with Crippen LogP contribution in [0.5, 0.6) is 0 Å². The van der Waals surface area contributed by atoms with E-state index in [1.165, 1.54) is 0 Å². The van der Waals surface area contributed by atoms with E-state index in [-0.39, 0.29) is 0 Å². The molecule has 3 heterocycles. The summed E-state index contributed by atoms with van der Waals surface area (Å²) in [5.41, 5.74) is 7.92. The number of hydrogen-bond donors (Lipinski definition) is 2. The number of nitrogens with one attached hydrogen (secondary N) is 1. The molecule has 1 aromatic carbocycles. The van der Waals surface area contributed by atoms with Crippen LogP contribution in [0, 0.1) is 0 Å². The molecule has 7 nitrogen and oxygen atoms in total. The highest BCUT2D eigenvalue weighted by atomic mass is 35.5. The molecule has 28 heavy (non-hydrogen) atoms. The second-order valence-electron chi connectivity index (χ2n) is 6.57. The fourth-order valence-corrected chi connectivity index (χ4v) is 3.49. The number of pyridine rings is 1. The summed E-state index contributed by atoms with van der Waals surface area (Å²) >= 11 is 6.23. The van der Waals surface area contributed by atoms with Gasteiger partial charge in [0, 0.05) is 43.9 Å². The lowest BCUT2D eigenvalue weighted by Gasteiger charge is -2.36. The van der Waals surface area contributed by atoms with Gasteiger partial charge in [-0.05, 0) is 23.8 Å². The Labute approximate surface area is 169 Å². The summed E-state index contributed by atoms with van der Waals surface area (Å²) in [5, 5.41) is 3.99. The Morgan fingerprint density at radius 2 is 1.68 bits per heavy atom. The minimum absolute atomic E-state index is 0.549. The molecule has 2 aromatic heterocycles. The molecule has 8 heteroatoms. The van der Waals surface area contributed by atoms with Gasteiger partial charge in [-0.3, -0.25) is 0 Å². The van der Waals surface area contributed by atoms with Crippen LogP contribution < -0.4 is 20.9 Å². The van der Waals surface area contributed by atoms with Gasteiger partial charge in [0.1, 0.15) is 17.8 Å². The van der Waals surface area contributed by atoms with E-state index in [9.17, 15) is 0 Å². The van der Waals surface area contributed by atoms with E-state index in [1.807, 2.05) is 48.7 Å². The van der Waals surface area contributed by atoms with Crippen molar-refractivity contribution >= 4 is 34.7 Å². The van der Waals surface area contributed by atoms with Crippen LogP contribution in [0.4, 0.5) is 23.1 Å². The van der Waals surface area contributed by atoms with Crippen molar-refractivity contribution < 1.29 is 0 Å². The van der Waals surface area contributed by atoms with Crippen LogP contribution in [-0.2, 0) is 6.54 Å². The lowest BCUT2D eigenvalue weighted by Crippen LogP contribution is -2.47. The van der Waals surface area contributed by atoms with Gasteiger partial charge in [-0.1, -0.05) is 35.9 Å². The van der Waals surface area contributed by atoms with Gasteiger partial charge in [0.25, 0.3) is 0 Å². The molecule has 4 rings (SSSR count). The Balaban J connectivity index is 1.43. The highest BCUT2D eigenvalue weighted by Crippen LogP contribution is 2.28.